The topological polar surface area (TPSA) is 266 Å². The highest BCUT2D eigenvalue weighted by atomic mass is 16.4. The maximum Gasteiger partial charge on any atom is 0.326 e. The summed E-state index contributed by atoms with van der Waals surface area (Å²) >= 11 is 0. The zero-order valence-corrected chi connectivity index (χ0v) is 19.2. The summed E-state index contributed by atoms with van der Waals surface area (Å²) in [4.78, 5) is 83.0. The van der Waals surface area contributed by atoms with Crippen LogP contribution < -0.4 is 38.5 Å². The molecule has 1 fully saturated rings. The number of aliphatic carboxylic acids is 1. The molecule has 4 atom stereocenters. The summed E-state index contributed by atoms with van der Waals surface area (Å²) in [7, 11) is 0. The molecule has 1 aliphatic heterocycles. The van der Waals surface area contributed by atoms with Gasteiger partial charge < -0.3 is 43.6 Å². The Hall–Kier alpha value is -3.75. The molecule has 1 saturated heterocycles. The van der Waals surface area contributed by atoms with Crippen LogP contribution in [0.3, 0.4) is 0 Å². The van der Waals surface area contributed by atoms with E-state index in [9.17, 15) is 38.7 Å². The summed E-state index contributed by atoms with van der Waals surface area (Å²) in [6.45, 7) is 0.631. The van der Waals surface area contributed by atoms with Gasteiger partial charge in [0, 0.05) is 19.3 Å². The van der Waals surface area contributed by atoms with Crippen molar-refractivity contribution in [1.29, 1.82) is 0 Å². The molecule has 6 amide bonds. The van der Waals surface area contributed by atoms with Gasteiger partial charge in [0.25, 0.3) is 0 Å². The van der Waals surface area contributed by atoms with Crippen molar-refractivity contribution in [2.24, 2.45) is 17.2 Å². The molecule has 0 spiro atoms. The van der Waals surface area contributed by atoms with E-state index in [4.69, 9.17) is 17.2 Å². The first-order valence-electron chi connectivity index (χ1n) is 11.1. The summed E-state index contributed by atoms with van der Waals surface area (Å²) in [6, 6.07) is -4.63. The molecule has 11 N–H and O–H groups in total. The number of amides is 6. The minimum Gasteiger partial charge on any atom is -0.480 e. The molecule has 0 saturated carbocycles. The van der Waals surface area contributed by atoms with Crippen LogP contribution in [0.25, 0.3) is 0 Å². The van der Waals surface area contributed by atoms with E-state index in [1.165, 1.54) is 0 Å². The first-order valence-corrected chi connectivity index (χ1v) is 11.1. The van der Waals surface area contributed by atoms with Gasteiger partial charge in [-0.05, 0) is 38.6 Å². The van der Waals surface area contributed by atoms with Crippen molar-refractivity contribution in [3.8, 4) is 0 Å². The highest BCUT2D eigenvalue weighted by Crippen LogP contribution is 2.08. The molecule has 0 aromatic rings. The van der Waals surface area contributed by atoms with Crippen molar-refractivity contribution in [1.82, 2.24) is 21.3 Å². The van der Waals surface area contributed by atoms with Gasteiger partial charge in [-0.2, -0.15) is 0 Å². The Bertz CT molecular complexity index is 828. The monoisotopic (exact) mass is 499 g/mol. The van der Waals surface area contributed by atoms with Crippen LogP contribution in [0.5, 0.6) is 0 Å². The maximum atomic E-state index is 12.9. The van der Waals surface area contributed by atoms with Crippen LogP contribution in [-0.4, -0.2) is 77.2 Å². The zero-order valence-electron chi connectivity index (χ0n) is 19.2. The van der Waals surface area contributed by atoms with Gasteiger partial charge >= 0.3 is 5.97 Å². The zero-order chi connectivity index (χ0) is 26.5. The van der Waals surface area contributed by atoms with Crippen LogP contribution in [0.15, 0.2) is 0 Å². The van der Waals surface area contributed by atoms with Gasteiger partial charge in [-0.3, -0.25) is 28.8 Å². The molecule has 1 rings (SSSR count). The molecule has 0 unspecified atom stereocenters. The van der Waals surface area contributed by atoms with Crippen molar-refractivity contribution in [2.75, 3.05) is 6.54 Å². The lowest BCUT2D eigenvalue weighted by atomic mass is 10.1. The largest absolute Gasteiger partial charge is 0.480 e. The van der Waals surface area contributed by atoms with E-state index < -0.39 is 65.6 Å². The molecular formula is C20H33N7O8. The van der Waals surface area contributed by atoms with Crippen LogP contribution >= 0.6 is 0 Å². The van der Waals surface area contributed by atoms with E-state index >= 15 is 0 Å². The van der Waals surface area contributed by atoms with Crippen LogP contribution in [0, 0.1) is 0 Å². The van der Waals surface area contributed by atoms with E-state index in [1.807, 2.05) is 0 Å². The van der Waals surface area contributed by atoms with E-state index in [2.05, 4.69) is 21.3 Å². The summed E-state index contributed by atoms with van der Waals surface area (Å²) in [5, 5.41) is 19.4. The minimum atomic E-state index is -1.48. The Labute approximate surface area is 201 Å². The van der Waals surface area contributed by atoms with Crippen LogP contribution in [0.4, 0.5) is 0 Å². The number of rotatable bonds is 16. The van der Waals surface area contributed by atoms with Crippen molar-refractivity contribution in [3.63, 3.8) is 0 Å². The predicted molar refractivity (Wildman–Crippen MR) is 120 cm³/mol. The normalized spacial score (nSPS) is 17.4. The highest BCUT2D eigenvalue weighted by Gasteiger charge is 2.31. The third-order valence-corrected chi connectivity index (χ3v) is 5.30. The summed E-state index contributed by atoms with van der Waals surface area (Å²) in [6.07, 6.45) is -0.251. The third kappa shape index (κ3) is 11.3. The third-order valence-electron chi connectivity index (χ3n) is 5.30. The van der Waals surface area contributed by atoms with E-state index in [0.29, 0.717) is 13.0 Å². The number of carboxylic acid groups (broad SMARTS) is 1. The number of nitrogens with two attached hydrogens (primary N) is 3. The molecule has 1 aliphatic rings. The average molecular weight is 500 g/mol. The Morgan fingerprint density at radius 1 is 0.743 bits per heavy atom. The fraction of sp³-hybridized carbons (Fsp3) is 0.650. The molecule has 15 nitrogen and oxygen atoms in total. The molecule has 0 bridgehead atoms. The first-order chi connectivity index (χ1) is 16.4. The standard InChI is InChI=1S/C20H33N7O8/c21-14(28)6-3-11(25-17(31)10-2-1-9-24-10)18(32)26-12(4-7-15(22)29)19(33)27-13(20(34)35)5-8-16(23)30/h10-13,24H,1-9H2,(H2,21,28)(H2,22,29)(H2,23,30)(H,25,31)(H,26,32)(H,27,33)(H,34,35)/t10-,11-,12-,13-/m0/s1. The lowest BCUT2D eigenvalue weighted by Crippen LogP contribution is -2.57. The minimum absolute atomic E-state index is 0.153. The fourth-order valence-corrected chi connectivity index (χ4v) is 3.38. The Morgan fingerprint density at radius 2 is 1.17 bits per heavy atom. The lowest BCUT2D eigenvalue weighted by molar-refractivity contribution is -0.142. The van der Waals surface area contributed by atoms with Crippen molar-refractivity contribution < 1.29 is 38.7 Å². The van der Waals surface area contributed by atoms with Crippen LogP contribution in [0.1, 0.15) is 51.4 Å². The molecule has 196 valence electrons. The Morgan fingerprint density at radius 3 is 1.57 bits per heavy atom. The SMILES string of the molecule is NC(=O)CC[C@H](NC(=O)[C@H](CCC(N)=O)NC(=O)[C@H](CCC(N)=O)NC(=O)[C@@H]1CCCN1)C(=O)O. The predicted octanol–water partition coefficient (Wildman–Crippen LogP) is -3.93. The maximum absolute atomic E-state index is 12.9. The molecule has 15 heteroatoms. The number of carbonyl (C=O) groups is 7. The van der Waals surface area contributed by atoms with Gasteiger partial charge in [-0.25, -0.2) is 4.79 Å². The number of nitrogens with one attached hydrogen (secondary N) is 4. The number of carbonyl (C=O) groups excluding carboxylic acids is 6. The molecule has 35 heavy (non-hydrogen) atoms. The molecule has 0 aromatic carbocycles. The number of hydrogen-bond acceptors (Lipinski definition) is 8. The van der Waals surface area contributed by atoms with Gasteiger partial charge in [0.05, 0.1) is 6.04 Å². The van der Waals surface area contributed by atoms with Crippen LogP contribution in [-0.2, 0) is 33.6 Å². The van der Waals surface area contributed by atoms with Crippen molar-refractivity contribution in [3.05, 3.63) is 0 Å². The Balaban J connectivity index is 2.97. The summed E-state index contributed by atoms with van der Waals surface area (Å²) in [5.41, 5.74) is 15.3. The molecule has 0 aromatic heterocycles. The van der Waals surface area contributed by atoms with Crippen molar-refractivity contribution in [2.45, 2.75) is 75.5 Å². The Kier molecular flexibility index (Phi) is 12.1. The molecule has 0 aliphatic carbocycles. The smallest absolute Gasteiger partial charge is 0.326 e. The van der Waals surface area contributed by atoms with Gasteiger partial charge in [-0.15, -0.1) is 0 Å². The molecule has 1 heterocycles. The lowest BCUT2D eigenvalue weighted by Gasteiger charge is -2.25. The fourth-order valence-electron chi connectivity index (χ4n) is 3.38. The van der Waals surface area contributed by atoms with Gasteiger partial charge in [0.1, 0.15) is 18.1 Å². The quantitative estimate of drug-likeness (QED) is 0.103. The van der Waals surface area contributed by atoms with Crippen LogP contribution in [0.2, 0.25) is 0 Å². The van der Waals surface area contributed by atoms with Gasteiger partial charge in [0.15, 0.2) is 0 Å². The number of carboxylic acids is 1. The summed E-state index contributed by atoms with van der Waals surface area (Å²) < 4.78 is 0. The second kappa shape index (κ2) is 14.5. The van der Waals surface area contributed by atoms with Crippen molar-refractivity contribution >= 4 is 41.4 Å². The molecule has 0 radical (unpaired) electrons. The highest BCUT2D eigenvalue weighted by molar-refractivity contribution is 5.94. The average Bonchev–Trinajstić information content (AvgIpc) is 3.30. The second-order valence-electron chi connectivity index (χ2n) is 8.19. The second-order valence-corrected chi connectivity index (χ2v) is 8.19. The first kappa shape index (κ1) is 29.3. The number of primary amides is 3. The van der Waals surface area contributed by atoms with Gasteiger partial charge in [0.2, 0.25) is 35.4 Å². The number of hydrogen-bond donors (Lipinski definition) is 8. The van der Waals surface area contributed by atoms with Gasteiger partial charge in [-0.1, -0.05) is 0 Å². The summed E-state index contributed by atoms with van der Waals surface area (Å²) in [5.74, 6) is -5.95. The van der Waals surface area contributed by atoms with E-state index in [-0.39, 0.29) is 38.5 Å². The van der Waals surface area contributed by atoms with E-state index in [1.54, 1.807) is 0 Å². The van der Waals surface area contributed by atoms with E-state index in [0.717, 1.165) is 6.42 Å². The molecular weight excluding hydrogens is 466 g/mol.